The topological polar surface area (TPSA) is 0 Å². The summed E-state index contributed by atoms with van der Waals surface area (Å²) in [7, 11) is 0. The fourth-order valence-corrected chi connectivity index (χ4v) is 4.83. The molecule has 0 nitrogen and oxygen atoms in total. The zero-order valence-electron chi connectivity index (χ0n) is 16.5. The van der Waals surface area contributed by atoms with Crippen LogP contribution in [0.5, 0.6) is 0 Å². The van der Waals surface area contributed by atoms with Gasteiger partial charge in [-0.15, -0.1) is 0 Å². The summed E-state index contributed by atoms with van der Waals surface area (Å²) in [6.07, 6.45) is 0. The van der Waals surface area contributed by atoms with Crippen LogP contribution in [0, 0.1) is 13.8 Å². The summed E-state index contributed by atoms with van der Waals surface area (Å²) in [6, 6.07) is 33.1. The highest BCUT2D eigenvalue weighted by Gasteiger charge is 2.11. The van der Waals surface area contributed by atoms with Gasteiger partial charge in [0.1, 0.15) is 0 Å². The Kier molecular flexibility index (Phi) is 4.49. The summed E-state index contributed by atoms with van der Waals surface area (Å²) in [4.78, 5) is 0. The maximum atomic E-state index is 3.57. The molecular formula is C28H21Br. The van der Waals surface area contributed by atoms with E-state index in [2.05, 4.69) is 121 Å². The molecule has 1 heteroatoms. The number of rotatable bonds is 2. The third-order valence-corrected chi connectivity index (χ3v) is 6.28. The van der Waals surface area contributed by atoms with Crippen molar-refractivity contribution in [1.82, 2.24) is 0 Å². The van der Waals surface area contributed by atoms with E-state index in [0.717, 1.165) is 4.47 Å². The molecule has 0 bridgehead atoms. The van der Waals surface area contributed by atoms with Gasteiger partial charge in [-0.25, -0.2) is 0 Å². The molecule has 5 rings (SSSR count). The fourth-order valence-electron chi connectivity index (χ4n) is 4.36. The second kappa shape index (κ2) is 7.17. The number of halogens is 1. The first-order valence-corrected chi connectivity index (χ1v) is 10.7. The van der Waals surface area contributed by atoms with Crippen LogP contribution in [0.3, 0.4) is 0 Å². The summed E-state index contributed by atoms with van der Waals surface area (Å²) in [5.74, 6) is 0. The molecule has 5 aromatic carbocycles. The second-order valence-corrected chi connectivity index (χ2v) is 8.60. The molecule has 0 saturated heterocycles. The first-order chi connectivity index (χ1) is 14.1. The monoisotopic (exact) mass is 436 g/mol. The van der Waals surface area contributed by atoms with E-state index in [1.807, 2.05) is 0 Å². The van der Waals surface area contributed by atoms with Crippen molar-refractivity contribution in [3.05, 3.63) is 107 Å². The molecule has 0 fully saturated rings. The largest absolute Gasteiger partial charge is 0.0616 e. The lowest BCUT2D eigenvalue weighted by molar-refractivity contribution is 1.40. The Balaban J connectivity index is 1.72. The first-order valence-electron chi connectivity index (χ1n) is 9.90. The Hall–Kier alpha value is -2.90. The molecule has 0 aliphatic carbocycles. The van der Waals surface area contributed by atoms with E-state index >= 15 is 0 Å². The van der Waals surface area contributed by atoms with Crippen LogP contribution in [0.1, 0.15) is 11.1 Å². The van der Waals surface area contributed by atoms with E-state index in [9.17, 15) is 0 Å². The van der Waals surface area contributed by atoms with E-state index in [4.69, 9.17) is 0 Å². The van der Waals surface area contributed by atoms with Crippen LogP contribution in [-0.2, 0) is 0 Å². The summed E-state index contributed by atoms with van der Waals surface area (Å²) in [5.41, 5.74) is 7.73. The molecule has 5 aromatic rings. The van der Waals surface area contributed by atoms with Crippen LogP contribution < -0.4 is 0 Å². The van der Waals surface area contributed by atoms with Gasteiger partial charge in [0.2, 0.25) is 0 Å². The standard InChI is InChI=1S/C28H21Br/c1-18-15-21(11-13-23(18)24-14-12-22(29)16-19(24)2)28-17-20-7-3-4-8-25(20)26-9-5-6-10-27(26)28/h3-17H,1-2H3. The smallest absolute Gasteiger partial charge is 0.0178 e. The summed E-state index contributed by atoms with van der Waals surface area (Å²) < 4.78 is 1.12. The Labute approximate surface area is 180 Å². The molecule has 0 atom stereocenters. The van der Waals surface area contributed by atoms with Crippen LogP contribution in [0.4, 0.5) is 0 Å². The van der Waals surface area contributed by atoms with Gasteiger partial charge in [-0.2, -0.15) is 0 Å². The molecule has 0 N–H and O–H groups in total. The van der Waals surface area contributed by atoms with E-state index in [1.165, 1.54) is 54.9 Å². The van der Waals surface area contributed by atoms with Crippen LogP contribution in [0.15, 0.2) is 95.5 Å². The molecule has 0 spiro atoms. The van der Waals surface area contributed by atoms with Crippen molar-refractivity contribution >= 4 is 37.5 Å². The quantitative estimate of drug-likeness (QED) is 0.242. The maximum absolute atomic E-state index is 3.57. The summed E-state index contributed by atoms with van der Waals surface area (Å²) in [6.45, 7) is 4.38. The average molecular weight is 437 g/mol. The Morgan fingerprint density at radius 1 is 0.517 bits per heavy atom. The molecule has 0 saturated carbocycles. The number of aryl methyl sites for hydroxylation is 2. The molecule has 0 aliphatic rings. The Morgan fingerprint density at radius 2 is 1.14 bits per heavy atom. The van der Waals surface area contributed by atoms with Gasteiger partial charge in [0.25, 0.3) is 0 Å². The lowest BCUT2D eigenvalue weighted by Crippen LogP contribution is -1.90. The number of hydrogen-bond donors (Lipinski definition) is 0. The van der Waals surface area contributed by atoms with Crippen molar-refractivity contribution in [2.45, 2.75) is 13.8 Å². The minimum absolute atomic E-state index is 1.12. The van der Waals surface area contributed by atoms with Gasteiger partial charge < -0.3 is 0 Å². The van der Waals surface area contributed by atoms with Gasteiger partial charge in [-0.3, -0.25) is 0 Å². The van der Waals surface area contributed by atoms with Crippen LogP contribution in [0.25, 0.3) is 43.8 Å². The highest BCUT2D eigenvalue weighted by atomic mass is 79.9. The van der Waals surface area contributed by atoms with E-state index in [0.29, 0.717) is 0 Å². The SMILES string of the molecule is Cc1cc(Br)ccc1-c1ccc(-c2cc3ccccc3c3ccccc23)cc1C. The second-order valence-electron chi connectivity index (χ2n) is 7.68. The lowest BCUT2D eigenvalue weighted by Gasteiger charge is -2.14. The third-order valence-electron chi connectivity index (χ3n) is 5.78. The lowest BCUT2D eigenvalue weighted by atomic mass is 9.90. The highest BCUT2D eigenvalue weighted by molar-refractivity contribution is 9.10. The molecule has 0 aliphatic heterocycles. The minimum atomic E-state index is 1.12. The Bertz CT molecular complexity index is 1380. The van der Waals surface area contributed by atoms with Crippen LogP contribution >= 0.6 is 15.9 Å². The summed E-state index contributed by atoms with van der Waals surface area (Å²) in [5, 5.41) is 5.21. The van der Waals surface area contributed by atoms with E-state index in [1.54, 1.807) is 0 Å². The van der Waals surface area contributed by atoms with Crippen molar-refractivity contribution < 1.29 is 0 Å². The first kappa shape index (κ1) is 18.1. The average Bonchev–Trinajstić information content (AvgIpc) is 2.74. The van der Waals surface area contributed by atoms with E-state index in [-0.39, 0.29) is 0 Å². The van der Waals surface area contributed by atoms with Crippen molar-refractivity contribution in [2.75, 3.05) is 0 Å². The third kappa shape index (κ3) is 3.16. The van der Waals surface area contributed by atoms with Crippen molar-refractivity contribution in [1.29, 1.82) is 0 Å². The van der Waals surface area contributed by atoms with Crippen LogP contribution in [0.2, 0.25) is 0 Å². The molecule has 0 aromatic heterocycles. The van der Waals surface area contributed by atoms with Gasteiger partial charge in [-0.05, 0) is 87.0 Å². The number of fused-ring (bicyclic) bond motifs is 3. The summed E-state index contributed by atoms with van der Waals surface area (Å²) >= 11 is 3.57. The van der Waals surface area contributed by atoms with Crippen LogP contribution in [-0.4, -0.2) is 0 Å². The Morgan fingerprint density at radius 3 is 1.86 bits per heavy atom. The molecule has 0 unspecified atom stereocenters. The maximum Gasteiger partial charge on any atom is 0.0178 e. The highest BCUT2D eigenvalue weighted by Crippen LogP contribution is 2.37. The predicted molar refractivity (Wildman–Crippen MR) is 130 cm³/mol. The molecule has 0 heterocycles. The van der Waals surface area contributed by atoms with Crippen molar-refractivity contribution in [3.8, 4) is 22.3 Å². The predicted octanol–water partition coefficient (Wildman–Crippen LogP) is 8.71. The minimum Gasteiger partial charge on any atom is -0.0616 e. The zero-order valence-corrected chi connectivity index (χ0v) is 18.1. The normalized spacial score (nSPS) is 11.3. The van der Waals surface area contributed by atoms with E-state index < -0.39 is 0 Å². The van der Waals surface area contributed by atoms with Gasteiger partial charge in [-0.1, -0.05) is 88.7 Å². The molecule has 0 radical (unpaired) electrons. The van der Waals surface area contributed by atoms with Gasteiger partial charge in [0.15, 0.2) is 0 Å². The molecule has 29 heavy (non-hydrogen) atoms. The number of benzene rings is 5. The van der Waals surface area contributed by atoms with Gasteiger partial charge >= 0.3 is 0 Å². The van der Waals surface area contributed by atoms with Gasteiger partial charge in [0.05, 0.1) is 0 Å². The fraction of sp³-hybridized carbons (Fsp3) is 0.0714. The van der Waals surface area contributed by atoms with Crippen molar-refractivity contribution in [3.63, 3.8) is 0 Å². The number of hydrogen-bond acceptors (Lipinski definition) is 0. The van der Waals surface area contributed by atoms with Crippen molar-refractivity contribution in [2.24, 2.45) is 0 Å². The molecular weight excluding hydrogens is 416 g/mol. The molecule has 140 valence electrons. The zero-order chi connectivity index (χ0) is 20.0. The van der Waals surface area contributed by atoms with Gasteiger partial charge in [0, 0.05) is 4.47 Å². The molecule has 0 amide bonds.